The van der Waals surface area contributed by atoms with Crippen molar-refractivity contribution >= 4 is 6.09 Å². The third-order valence-electron chi connectivity index (χ3n) is 4.27. The maximum Gasteiger partial charge on any atom is 0.410 e. The Hall–Kier alpha value is -1.56. The number of rotatable bonds is 4. The van der Waals surface area contributed by atoms with E-state index >= 15 is 0 Å². The van der Waals surface area contributed by atoms with Crippen molar-refractivity contribution in [1.29, 1.82) is 0 Å². The summed E-state index contributed by atoms with van der Waals surface area (Å²) in [6.07, 6.45) is 4.70. The van der Waals surface area contributed by atoms with E-state index in [0.29, 0.717) is 0 Å². The summed E-state index contributed by atoms with van der Waals surface area (Å²) in [7, 11) is 1.92. The van der Waals surface area contributed by atoms with Crippen molar-refractivity contribution in [2.75, 3.05) is 19.6 Å². The van der Waals surface area contributed by atoms with Crippen LogP contribution in [0, 0.1) is 5.41 Å². The molecule has 0 saturated carbocycles. The van der Waals surface area contributed by atoms with Crippen LogP contribution in [0.1, 0.15) is 52.6 Å². The highest BCUT2D eigenvalue weighted by atomic mass is 16.6. The minimum Gasteiger partial charge on any atom is -0.444 e. The minimum absolute atomic E-state index is 0.0768. The van der Waals surface area contributed by atoms with Gasteiger partial charge in [-0.3, -0.25) is 4.68 Å². The van der Waals surface area contributed by atoms with E-state index < -0.39 is 5.60 Å². The molecule has 0 aromatic carbocycles. The Morgan fingerprint density at radius 1 is 1.52 bits per heavy atom. The highest BCUT2D eigenvalue weighted by molar-refractivity contribution is 5.68. The zero-order chi connectivity index (χ0) is 17.3. The Morgan fingerprint density at radius 3 is 2.78 bits per heavy atom. The Balaban J connectivity index is 1.85. The molecule has 2 rings (SSSR count). The predicted molar refractivity (Wildman–Crippen MR) is 90.2 cm³/mol. The van der Waals surface area contributed by atoms with Crippen molar-refractivity contribution in [2.45, 2.75) is 52.7 Å². The number of hydrogen-bond donors (Lipinski definition) is 1. The SMILES string of the molecule is C[C@@H](NC[C@@]1(C)CCN(C(=O)OC(C)(C)C)C1)c1cnn(C)c1. The standard InChI is InChI=1S/C17H30N4O2/c1-13(14-9-19-20(6)10-14)18-11-17(5)7-8-21(12-17)15(22)23-16(2,3)4/h9-10,13,18H,7-8,11-12H2,1-6H3/t13-,17-/m1/s1. The second kappa shape index (κ2) is 6.51. The number of aryl methyl sites for hydroxylation is 1. The minimum atomic E-state index is -0.441. The molecule has 1 aliphatic heterocycles. The number of nitrogens with zero attached hydrogens (tertiary/aromatic N) is 3. The summed E-state index contributed by atoms with van der Waals surface area (Å²) in [5, 5.41) is 7.78. The molecule has 23 heavy (non-hydrogen) atoms. The van der Waals surface area contributed by atoms with Gasteiger partial charge in [0.2, 0.25) is 0 Å². The summed E-state index contributed by atoms with van der Waals surface area (Å²) in [6, 6.07) is 0.246. The van der Waals surface area contributed by atoms with Crippen LogP contribution in [0.4, 0.5) is 4.79 Å². The number of aromatic nitrogens is 2. The number of hydrogen-bond acceptors (Lipinski definition) is 4. The molecule has 0 unspecified atom stereocenters. The zero-order valence-electron chi connectivity index (χ0n) is 15.2. The van der Waals surface area contributed by atoms with Crippen molar-refractivity contribution in [2.24, 2.45) is 12.5 Å². The van der Waals surface area contributed by atoms with Gasteiger partial charge in [0, 0.05) is 44.5 Å². The molecule has 6 nitrogen and oxygen atoms in total. The summed E-state index contributed by atoms with van der Waals surface area (Å²) in [5.74, 6) is 0. The first kappa shape index (κ1) is 17.8. The molecular weight excluding hydrogens is 292 g/mol. The van der Waals surface area contributed by atoms with E-state index in [9.17, 15) is 4.79 Å². The predicted octanol–water partition coefficient (Wildman–Crippen LogP) is 2.72. The van der Waals surface area contributed by atoms with Crippen LogP contribution in [0.25, 0.3) is 0 Å². The van der Waals surface area contributed by atoms with Gasteiger partial charge < -0.3 is 15.0 Å². The molecule has 6 heteroatoms. The van der Waals surface area contributed by atoms with E-state index in [1.807, 2.05) is 49.8 Å². The van der Waals surface area contributed by atoms with Crippen molar-refractivity contribution in [3.8, 4) is 0 Å². The molecule has 1 saturated heterocycles. The first-order valence-corrected chi connectivity index (χ1v) is 8.28. The van der Waals surface area contributed by atoms with Gasteiger partial charge in [-0.2, -0.15) is 5.10 Å². The van der Waals surface area contributed by atoms with Gasteiger partial charge in [0.1, 0.15) is 5.60 Å². The molecule has 0 bridgehead atoms. The van der Waals surface area contributed by atoms with E-state index in [1.54, 1.807) is 0 Å². The molecular formula is C17H30N4O2. The van der Waals surface area contributed by atoms with Gasteiger partial charge in [-0.05, 0) is 39.5 Å². The third-order valence-corrected chi connectivity index (χ3v) is 4.27. The fraction of sp³-hybridized carbons (Fsp3) is 0.765. The lowest BCUT2D eigenvalue weighted by Crippen LogP contribution is -2.39. The summed E-state index contributed by atoms with van der Waals surface area (Å²) in [4.78, 5) is 14.0. The lowest BCUT2D eigenvalue weighted by atomic mass is 9.89. The number of carbonyl (C=O) groups is 1. The molecule has 1 aromatic heterocycles. The number of likely N-dealkylation sites (tertiary alicyclic amines) is 1. The smallest absolute Gasteiger partial charge is 0.410 e. The fourth-order valence-electron chi connectivity index (χ4n) is 2.83. The van der Waals surface area contributed by atoms with Gasteiger partial charge in [-0.15, -0.1) is 0 Å². The van der Waals surface area contributed by atoms with Crippen molar-refractivity contribution in [1.82, 2.24) is 20.0 Å². The third kappa shape index (κ3) is 4.96. The van der Waals surface area contributed by atoms with Gasteiger partial charge in [0.15, 0.2) is 0 Å². The largest absolute Gasteiger partial charge is 0.444 e. The lowest BCUT2D eigenvalue weighted by Gasteiger charge is -2.28. The molecule has 1 fully saturated rings. The summed E-state index contributed by atoms with van der Waals surface area (Å²) >= 11 is 0. The zero-order valence-corrected chi connectivity index (χ0v) is 15.2. The summed E-state index contributed by atoms with van der Waals surface area (Å²) in [6.45, 7) is 12.4. The number of ether oxygens (including phenoxy) is 1. The molecule has 0 radical (unpaired) electrons. The summed E-state index contributed by atoms with van der Waals surface area (Å²) < 4.78 is 7.28. The van der Waals surface area contributed by atoms with E-state index in [4.69, 9.17) is 4.74 Å². The molecule has 1 aromatic rings. The Labute approximate surface area is 139 Å². The normalized spacial score (nSPS) is 23.1. The first-order chi connectivity index (χ1) is 10.6. The molecule has 0 aliphatic carbocycles. The molecule has 2 heterocycles. The molecule has 1 aliphatic rings. The van der Waals surface area contributed by atoms with E-state index in [2.05, 4.69) is 24.3 Å². The summed E-state index contributed by atoms with van der Waals surface area (Å²) in [5.41, 5.74) is 0.814. The number of amides is 1. The van der Waals surface area contributed by atoms with E-state index in [0.717, 1.165) is 26.1 Å². The lowest BCUT2D eigenvalue weighted by molar-refractivity contribution is 0.0275. The van der Waals surface area contributed by atoms with Crippen LogP contribution in [0.15, 0.2) is 12.4 Å². The Bertz CT molecular complexity index is 549. The van der Waals surface area contributed by atoms with Crippen molar-refractivity contribution < 1.29 is 9.53 Å². The number of carbonyl (C=O) groups excluding carboxylic acids is 1. The Morgan fingerprint density at radius 2 is 2.22 bits per heavy atom. The van der Waals surface area contributed by atoms with Crippen LogP contribution in [0.2, 0.25) is 0 Å². The topological polar surface area (TPSA) is 59.4 Å². The van der Waals surface area contributed by atoms with E-state index in [1.165, 1.54) is 5.56 Å². The molecule has 130 valence electrons. The molecule has 0 spiro atoms. The maximum absolute atomic E-state index is 12.2. The fourth-order valence-corrected chi connectivity index (χ4v) is 2.83. The second-order valence-electron chi connectivity index (χ2n) is 8.01. The maximum atomic E-state index is 12.2. The van der Waals surface area contributed by atoms with Crippen molar-refractivity contribution in [3.63, 3.8) is 0 Å². The van der Waals surface area contributed by atoms with Gasteiger partial charge in [0.25, 0.3) is 0 Å². The highest BCUT2D eigenvalue weighted by Gasteiger charge is 2.37. The molecule has 1 amide bonds. The van der Waals surface area contributed by atoms with Crippen LogP contribution in [0.5, 0.6) is 0 Å². The van der Waals surface area contributed by atoms with Gasteiger partial charge >= 0.3 is 6.09 Å². The van der Waals surface area contributed by atoms with Crippen LogP contribution in [0.3, 0.4) is 0 Å². The first-order valence-electron chi connectivity index (χ1n) is 8.28. The average Bonchev–Trinajstić information content (AvgIpc) is 3.01. The average molecular weight is 322 g/mol. The van der Waals surface area contributed by atoms with E-state index in [-0.39, 0.29) is 17.6 Å². The van der Waals surface area contributed by atoms with Crippen LogP contribution in [-0.2, 0) is 11.8 Å². The van der Waals surface area contributed by atoms with Crippen LogP contribution >= 0.6 is 0 Å². The quantitative estimate of drug-likeness (QED) is 0.926. The second-order valence-corrected chi connectivity index (χ2v) is 8.01. The van der Waals surface area contributed by atoms with Crippen LogP contribution < -0.4 is 5.32 Å². The monoisotopic (exact) mass is 322 g/mol. The van der Waals surface area contributed by atoms with Crippen molar-refractivity contribution in [3.05, 3.63) is 18.0 Å². The molecule has 2 atom stereocenters. The molecule has 1 N–H and O–H groups in total. The van der Waals surface area contributed by atoms with Gasteiger partial charge in [-0.1, -0.05) is 6.92 Å². The van der Waals surface area contributed by atoms with Gasteiger partial charge in [0.05, 0.1) is 6.20 Å². The Kier molecular flexibility index (Phi) is 5.04. The number of nitrogens with one attached hydrogen (secondary N) is 1. The highest BCUT2D eigenvalue weighted by Crippen LogP contribution is 2.31. The van der Waals surface area contributed by atoms with Gasteiger partial charge in [-0.25, -0.2) is 4.79 Å². The van der Waals surface area contributed by atoms with Crippen LogP contribution in [-0.4, -0.2) is 46.0 Å².